The van der Waals surface area contributed by atoms with Gasteiger partial charge < -0.3 is 5.32 Å². The normalized spacial score (nSPS) is 11.6. The van der Waals surface area contributed by atoms with E-state index in [9.17, 15) is 13.2 Å². The van der Waals surface area contributed by atoms with E-state index in [4.69, 9.17) is 10.1 Å². The van der Waals surface area contributed by atoms with E-state index in [1.54, 1.807) is 29.9 Å². The summed E-state index contributed by atoms with van der Waals surface area (Å²) < 4.78 is 24.5. The summed E-state index contributed by atoms with van der Waals surface area (Å²) in [5.74, 6) is -0.267. The molecule has 0 bridgehead atoms. The Labute approximate surface area is 179 Å². The topological polar surface area (TPSA) is 120 Å². The van der Waals surface area contributed by atoms with Gasteiger partial charge in [0, 0.05) is 19.2 Å². The van der Waals surface area contributed by atoms with Crippen molar-refractivity contribution in [3.63, 3.8) is 0 Å². The molecule has 3 N–H and O–H groups in total. The number of primary sulfonamides is 1. The number of nitrogens with two attached hydrogens (primary N) is 1. The second-order valence-corrected chi connectivity index (χ2v) is 8.76. The molecule has 31 heavy (non-hydrogen) atoms. The van der Waals surface area contributed by atoms with Crippen LogP contribution in [0.25, 0.3) is 22.3 Å². The number of amides is 1. The zero-order valence-electron chi connectivity index (χ0n) is 17.0. The molecule has 8 nitrogen and oxygen atoms in total. The molecule has 0 unspecified atom stereocenters. The van der Waals surface area contributed by atoms with E-state index in [1.807, 2.05) is 37.3 Å². The average molecular weight is 436 g/mol. The molecule has 0 aliphatic carbocycles. The standard InChI is InChI=1S/C22H21N5O3S/c1-14-20-18(22(28)24-13-15-8-10-17(11-9-15)31(23,29)30)12-19(16-6-4-3-5-7-16)25-21(20)27(2)26-14/h3-12H,13H2,1-2H3,(H,24,28)(H2,23,29,30). The number of aryl methyl sites for hydroxylation is 2. The fraction of sp³-hybridized carbons (Fsp3) is 0.136. The van der Waals surface area contributed by atoms with Crippen LogP contribution in [-0.2, 0) is 23.6 Å². The smallest absolute Gasteiger partial charge is 0.252 e. The highest BCUT2D eigenvalue weighted by atomic mass is 32.2. The average Bonchev–Trinajstić information content (AvgIpc) is 3.05. The van der Waals surface area contributed by atoms with Crippen molar-refractivity contribution in [3.05, 3.63) is 77.5 Å². The van der Waals surface area contributed by atoms with Crippen LogP contribution in [0.15, 0.2) is 65.6 Å². The van der Waals surface area contributed by atoms with Gasteiger partial charge in [-0.15, -0.1) is 0 Å². The summed E-state index contributed by atoms with van der Waals surface area (Å²) in [5.41, 5.74) is 4.15. The zero-order chi connectivity index (χ0) is 22.2. The number of fused-ring (bicyclic) bond motifs is 1. The summed E-state index contributed by atoms with van der Waals surface area (Å²) in [4.78, 5) is 17.8. The van der Waals surface area contributed by atoms with Crippen LogP contribution < -0.4 is 10.5 Å². The van der Waals surface area contributed by atoms with Crippen molar-refractivity contribution in [2.45, 2.75) is 18.4 Å². The predicted octanol–water partition coefficient (Wildman–Crippen LogP) is 2.52. The van der Waals surface area contributed by atoms with Crippen molar-refractivity contribution < 1.29 is 13.2 Å². The highest BCUT2D eigenvalue weighted by molar-refractivity contribution is 7.89. The molecule has 0 aliphatic heterocycles. The van der Waals surface area contributed by atoms with Crippen molar-refractivity contribution >= 4 is 27.0 Å². The highest BCUT2D eigenvalue weighted by Gasteiger charge is 2.19. The summed E-state index contributed by atoms with van der Waals surface area (Å²) in [6.45, 7) is 2.07. The first kappa shape index (κ1) is 20.7. The van der Waals surface area contributed by atoms with E-state index in [-0.39, 0.29) is 17.3 Å². The van der Waals surface area contributed by atoms with Crippen LogP contribution in [0.4, 0.5) is 0 Å². The van der Waals surface area contributed by atoms with Gasteiger partial charge in [-0.05, 0) is 30.7 Å². The number of pyridine rings is 1. The number of carbonyl (C=O) groups is 1. The number of nitrogens with zero attached hydrogens (tertiary/aromatic N) is 3. The van der Waals surface area contributed by atoms with Gasteiger partial charge in [0.25, 0.3) is 5.91 Å². The quantitative estimate of drug-likeness (QED) is 0.499. The minimum atomic E-state index is -3.76. The van der Waals surface area contributed by atoms with Crippen LogP contribution in [0.5, 0.6) is 0 Å². The Kier molecular flexibility index (Phi) is 5.30. The number of benzene rings is 2. The summed E-state index contributed by atoms with van der Waals surface area (Å²) in [7, 11) is -1.96. The third-order valence-electron chi connectivity index (χ3n) is 4.99. The summed E-state index contributed by atoms with van der Waals surface area (Å²) in [5, 5.41) is 13.1. The van der Waals surface area contributed by atoms with Crippen molar-refractivity contribution in [3.8, 4) is 11.3 Å². The molecule has 0 fully saturated rings. The van der Waals surface area contributed by atoms with Gasteiger partial charge >= 0.3 is 0 Å². The molecule has 0 aliphatic rings. The number of aromatic nitrogens is 3. The van der Waals surface area contributed by atoms with Crippen molar-refractivity contribution in [1.82, 2.24) is 20.1 Å². The second kappa shape index (κ2) is 7.93. The Morgan fingerprint density at radius 3 is 2.42 bits per heavy atom. The molecule has 4 aromatic rings. The van der Waals surface area contributed by atoms with E-state index in [0.717, 1.165) is 11.1 Å². The molecule has 4 rings (SSSR count). The minimum Gasteiger partial charge on any atom is -0.348 e. The number of hydrogen-bond donors (Lipinski definition) is 2. The lowest BCUT2D eigenvalue weighted by Gasteiger charge is -2.10. The first-order chi connectivity index (χ1) is 14.7. The fourth-order valence-corrected chi connectivity index (χ4v) is 3.97. The van der Waals surface area contributed by atoms with Gasteiger partial charge in [-0.1, -0.05) is 42.5 Å². The number of sulfonamides is 1. The third-order valence-corrected chi connectivity index (χ3v) is 5.92. The number of carbonyl (C=O) groups excluding carboxylic acids is 1. The van der Waals surface area contributed by atoms with Crippen LogP contribution in [0, 0.1) is 6.92 Å². The Balaban J connectivity index is 1.67. The SMILES string of the molecule is Cc1nn(C)c2nc(-c3ccccc3)cc(C(=O)NCc3ccc(S(N)(=O)=O)cc3)c12. The van der Waals surface area contributed by atoms with Crippen molar-refractivity contribution in [1.29, 1.82) is 0 Å². The molecule has 0 spiro atoms. The maximum Gasteiger partial charge on any atom is 0.252 e. The lowest BCUT2D eigenvalue weighted by Crippen LogP contribution is -2.23. The number of nitrogens with one attached hydrogen (secondary N) is 1. The number of hydrogen-bond acceptors (Lipinski definition) is 5. The summed E-state index contributed by atoms with van der Waals surface area (Å²) in [6, 6.07) is 17.5. The van der Waals surface area contributed by atoms with Gasteiger partial charge in [-0.25, -0.2) is 18.5 Å². The van der Waals surface area contributed by atoms with E-state index in [2.05, 4.69) is 10.4 Å². The second-order valence-electron chi connectivity index (χ2n) is 7.20. The van der Waals surface area contributed by atoms with Crippen LogP contribution in [0.3, 0.4) is 0 Å². The fourth-order valence-electron chi connectivity index (χ4n) is 3.46. The Morgan fingerprint density at radius 2 is 1.77 bits per heavy atom. The third kappa shape index (κ3) is 4.18. The molecule has 2 aromatic carbocycles. The van der Waals surface area contributed by atoms with Gasteiger partial charge in [0.05, 0.1) is 27.2 Å². The first-order valence-corrected chi connectivity index (χ1v) is 11.1. The van der Waals surface area contributed by atoms with Gasteiger partial charge in [0.1, 0.15) is 0 Å². The van der Waals surface area contributed by atoms with E-state index in [1.165, 1.54) is 12.1 Å². The Bertz CT molecular complexity index is 1380. The van der Waals surface area contributed by atoms with Crippen LogP contribution in [-0.4, -0.2) is 29.1 Å². The van der Waals surface area contributed by atoms with Gasteiger partial charge in [0.15, 0.2) is 5.65 Å². The molecular formula is C22H21N5O3S. The predicted molar refractivity (Wildman–Crippen MR) is 118 cm³/mol. The summed E-state index contributed by atoms with van der Waals surface area (Å²) >= 11 is 0. The molecule has 2 aromatic heterocycles. The molecule has 158 valence electrons. The maximum absolute atomic E-state index is 13.1. The van der Waals surface area contributed by atoms with Crippen LogP contribution in [0.1, 0.15) is 21.6 Å². The maximum atomic E-state index is 13.1. The molecule has 0 saturated carbocycles. The molecule has 2 heterocycles. The van der Waals surface area contributed by atoms with Crippen LogP contribution in [0.2, 0.25) is 0 Å². The minimum absolute atomic E-state index is 0.0249. The molecule has 0 radical (unpaired) electrons. The van der Waals surface area contributed by atoms with Gasteiger partial charge in [0.2, 0.25) is 10.0 Å². The monoisotopic (exact) mass is 435 g/mol. The number of rotatable bonds is 5. The highest BCUT2D eigenvalue weighted by Crippen LogP contribution is 2.26. The lowest BCUT2D eigenvalue weighted by atomic mass is 10.0. The summed E-state index contributed by atoms with van der Waals surface area (Å²) in [6.07, 6.45) is 0. The molecule has 0 saturated heterocycles. The zero-order valence-corrected chi connectivity index (χ0v) is 17.8. The molecule has 9 heteroatoms. The van der Waals surface area contributed by atoms with E-state index in [0.29, 0.717) is 28.0 Å². The largest absolute Gasteiger partial charge is 0.348 e. The molecule has 1 amide bonds. The lowest BCUT2D eigenvalue weighted by molar-refractivity contribution is 0.0952. The molecule has 0 atom stereocenters. The van der Waals surface area contributed by atoms with Gasteiger partial charge in [-0.3, -0.25) is 9.48 Å². The van der Waals surface area contributed by atoms with Crippen molar-refractivity contribution in [2.24, 2.45) is 12.2 Å². The Morgan fingerprint density at radius 1 is 1.10 bits per heavy atom. The Hall–Kier alpha value is -3.56. The van der Waals surface area contributed by atoms with Crippen molar-refractivity contribution in [2.75, 3.05) is 0 Å². The molecular weight excluding hydrogens is 414 g/mol. The van der Waals surface area contributed by atoms with E-state index < -0.39 is 10.0 Å². The van der Waals surface area contributed by atoms with Gasteiger partial charge in [-0.2, -0.15) is 5.10 Å². The first-order valence-electron chi connectivity index (χ1n) is 9.54. The van der Waals surface area contributed by atoms with Crippen LogP contribution >= 0.6 is 0 Å². The van der Waals surface area contributed by atoms with E-state index >= 15 is 0 Å².